The quantitative estimate of drug-likeness (QED) is 0.0281. The van der Waals surface area contributed by atoms with Crippen molar-refractivity contribution in [1.29, 1.82) is 0 Å². The van der Waals surface area contributed by atoms with E-state index >= 15 is 0 Å². The van der Waals surface area contributed by atoms with Gasteiger partial charge in [0.15, 0.2) is 17.3 Å². The van der Waals surface area contributed by atoms with Crippen LogP contribution in [0.3, 0.4) is 0 Å². The van der Waals surface area contributed by atoms with Crippen molar-refractivity contribution in [1.82, 2.24) is 9.80 Å². The first-order valence-corrected chi connectivity index (χ1v) is 13.9. The third-order valence-corrected chi connectivity index (χ3v) is 5.90. The maximum Gasteiger partial charge on any atom is 0.373 e. The maximum absolute atomic E-state index is 11.7. The molecule has 0 saturated carbocycles. The minimum atomic E-state index is -0.979. The number of methoxy groups -OCH3 is 1. The second-order valence-electron chi connectivity index (χ2n) is 9.21. The van der Waals surface area contributed by atoms with Gasteiger partial charge in [-0.25, -0.2) is 14.4 Å². The number of rotatable bonds is 23. The predicted octanol–water partition coefficient (Wildman–Crippen LogP) is 1.49. The molecule has 14 heteroatoms. The van der Waals surface area contributed by atoms with Crippen LogP contribution in [0.4, 0.5) is 0 Å². The minimum Gasteiger partial charge on any atom is -0.502 e. The second-order valence-corrected chi connectivity index (χ2v) is 9.21. The molecule has 0 aliphatic rings. The molecule has 0 aromatic rings. The lowest BCUT2D eigenvalue weighted by molar-refractivity contribution is -0.143. The molecule has 42 heavy (non-hydrogen) atoms. The van der Waals surface area contributed by atoms with Crippen LogP contribution in [0.2, 0.25) is 0 Å². The molecule has 0 aromatic heterocycles. The highest BCUT2D eigenvalue weighted by Gasteiger charge is 2.21. The molecule has 0 radical (unpaired) electrons. The van der Waals surface area contributed by atoms with Gasteiger partial charge in [0.25, 0.3) is 0 Å². The van der Waals surface area contributed by atoms with Crippen LogP contribution in [0.1, 0.15) is 46.5 Å². The summed E-state index contributed by atoms with van der Waals surface area (Å²) in [7, 11) is 1.45. The average Bonchev–Trinajstić information content (AvgIpc) is 2.98. The Morgan fingerprint density at radius 1 is 0.690 bits per heavy atom. The Morgan fingerprint density at radius 3 is 1.48 bits per heavy atom. The Labute approximate surface area is 247 Å². The van der Waals surface area contributed by atoms with Crippen molar-refractivity contribution < 1.29 is 58.9 Å². The largest absolute Gasteiger partial charge is 0.502 e. The first-order valence-electron chi connectivity index (χ1n) is 13.9. The van der Waals surface area contributed by atoms with Gasteiger partial charge in [0, 0.05) is 39.8 Å². The summed E-state index contributed by atoms with van der Waals surface area (Å²) in [6.45, 7) is 6.35. The van der Waals surface area contributed by atoms with Crippen molar-refractivity contribution in [3.05, 3.63) is 35.5 Å². The van der Waals surface area contributed by atoms with Crippen LogP contribution in [0, 0.1) is 0 Å². The van der Waals surface area contributed by atoms with E-state index in [-0.39, 0.29) is 45.9 Å². The first kappa shape index (κ1) is 38.8. The number of hydrogen-bond acceptors (Lipinski definition) is 14. The highest BCUT2D eigenvalue weighted by molar-refractivity contribution is 5.86. The molecule has 0 amide bonds. The fraction of sp³-hybridized carbons (Fsp3) is 0.679. The highest BCUT2D eigenvalue weighted by Crippen LogP contribution is 2.09. The number of esters is 3. The smallest absolute Gasteiger partial charge is 0.373 e. The van der Waals surface area contributed by atoms with E-state index in [1.54, 1.807) is 4.90 Å². The zero-order valence-corrected chi connectivity index (χ0v) is 25.1. The van der Waals surface area contributed by atoms with Crippen LogP contribution >= 0.6 is 0 Å². The Kier molecular flexibility index (Phi) is 21.6. The Morgan fingerprint density at radius 2 is 1.10 bits per heavy atom. The Balaban J connectivity index is 5.13. The molecule has 2 unspecified atom stereocenters. The van der Waals surface area contributed by atoms with E-state index in [1.165, 1.54) is 46.1 Å². The van der Waals surface area contributed by atoms with E-state index in [0.29, 0.717) is 38.9 Å². The summed E-state index contributed by atoms with van der Waals surface area (Å²) in [6, 6.07) is 0. The molecule has 0 heterocycles. The molecule has 0 aliphatic heterocycles. The fourth-order valence-electron chi connectivity index (χ4n) is 3.61. The third-order valence-electron chi connectivity index (χ3n) is 5.90. The molecular weight excluding hydrogens is 556 g/mol. The molecule has 5 N–H and O–H groups in total. The summed E-state index contributed by atoms with van der Waals surface area (Å²) in [5.41, 5.74) is 0. The number of aliphatic hydroxyl groups excluding tert-OH is 5. The van der Waals surface area contributed by atoms with Crippen molar-refractivity contribution in [2.24, 2.45) is 0 Å². The summed E-state index contributed by atoms with van der Waals surface area (Å²) in [5, 5.41) is 49.5. The van der Waals surface area contributed by atoms with Crippen LogP contribution < -0.4 is 0 Å². The number of allylic oxidation sites excluding steroid dienone is 3. The van der Waals surface area contributed by atoms with Crippen LogP contribution in [0.15, 0.2) is 35.5 Å². The topological polar surface area (TPSA) is 196 Å². The molecular formula is C28H48N2O12. The van der Waals surface area contributed by atoms with E-state index < -0.39 is 47.5 Å². The van der Waals surface area contributed by atoms with Gasteiger partial charge in [-0.1, -0.05) is 0 Å². The Hall–Kier alpha value is -3.17. The summed E-state index contributed by atoms with van der Waals surface area (Å²) >= 11 is 0. The average molecular weight is 605 g/mol. The predicted molar refractivity (Wildman–Crippen MR) is 152 cm³/mol. The molecule has 0 bridgehead atoms. The number of hydrogen-bond donors (Lipinski definition) is 5. The molecule has 0 aliphatic carbocycles. The van der Waals surface area contributed by atoms with Gasteiger partial charge in [-0.2, -0.15) is 0 Å². The lowest BCUT2D eigenvalue weighted by Gasteiger charge is -2.31. The van der Waals surface area contributed by atoms with Gasteiger partial charge in [-0.05, 0) is 64.7 Å². The van der Waals surface area contributed by atoms with Gasteiger partial charge in [0.1, 0.15) is 6.23 Å². The Bertz CT molecular complexity index is 852. The van der Waals surface area contributed by atoms with Crippen molar-refractivity contribution in [3.63, 3.8) is 0 Å². The molecule has 0 rings (SSSR count). The summed E-state index contributed by atoms with van der Waals surface area (Å²) < 4.78 is 20.0. The van der Waals surface area contributed by atoms with E-state index in [9.17, 15) is 39.9 Å². The summed E-state index contributed by atoms with van der Waals surface area (Å²) in [4.78, 5) is 38.5. The molecule has 0 aromatic carbocycles. The summed E-state index contributed by atoms with van der Waals surface area (Å²) in [6.07, 6.45) is 3.28. The molecule has 0 spiro atoms. The van der Waals surface area contributed by atoms with Gasteiger partial charge < -0.3 is 49.4 Å². The first-order chi connectivity index (χ1) is 20.0. The van der Waals surface area contributed by atoms with Crippen LogP contribution in [0.25, 0.3) is 0 Å². The normalized spacial score (nSPS) is 14.1. The number of carbonyl (C=O) groups is 3. The number of ether oxygens (including phenoxy) is 4. The maximum atomic E-state index is 11.7. The van der Waals surface area contributed by atoms with Gasteiger partial charge in [-0.15, -0.1) is 0 Å². The van der Waals surface area contributed by atoms with E-state index in [4.69, 9.17) is 18.9 Å². The fourth-order valence-corrected chi connectivity index (χ4v) is 3.61. The summed E-state index contributed by atoms with van der Waals surface area (Å²) in [5.74, 6) is -3.96. The van der Waals surface area contributed by atoms with E-state index in [0.717, 1.165) is 0 Å². The second kappa shape index (κ2) is 23.4. The SMILES string of the molecule is CC=C(O)C(=O)OCCCN(CCCOC(=O)C(O)=CC)CCC(O)N(CCCOC(=O)C(O)=CC)CC(O)COC. The van der Waals surface area contributed by atoms with Crippen LogP contribution in [-0.2, 0) is 33.3 Å². The monoisotopic (exact) mass is 604 g/mol. The number of aliphatic hydroxyl groups is 5. The van der Waals surface area contributed by atoms with Crippen LogP contribution in [-0.4, -0.2) is 132 Å². The van der Waals surface area contributed by atoms with Crippen molar-refractivity contribution in [2.75, 3.05) is 66.3 Å². The molecule has 0 saturated heterocycles. The van der Waals surface area contributed by atoms with Crippen LogP contribution in [0.5, 0.6) is 0 Å². The zero-order valence-electron chi connectivity index (χ0n) is 25.1. The van der Waals surface area contributed by atoms with Crippen molar-refractivity contribution in [3.8, 4) is 0 Å². The molecule has 0 fully saturated rings. The highest BCUT2D eigenvalue weighted by atomic mass is 16.6. The molecule has 14 nitrogen and oxygen atoms in total. The van der Waals surface area contributed by atoms with Gasteiger partial charge in [0.2, 0.25) is 0 Å². The number of carbonyl (C=O) groups excluding carboxylic acids is 3. The van der Waals surface area contributed by atoms with Gasteiger partial charge in [-0.3, -0.25) is 4.90 Å². The lowest BCUT2D eigenvalue weighted by Crippen LogP contribution is -2.44. The van der Waals surface area contributed by atoms with Crippen molar-refractivity contribution in [2.45, 2.75) is 58.8 Å². The molecule has 242 valence electrons. The zero-order chi connectivity index (χ0) is 31.9. The van der Waals surface area contributed by atoms with E-state index in [2.05, 4.69) is 0 Å². The van der Waals surface area contributed by atoms with Gasteiger partial charge in [0.05, 0.1) is 32.5 Å². The minimum absolute atomic E-state index is 0.00452. The lowest BCUT2D eigenvalue weighted by atomic mass is 10.2. The number of nitrogens with zero attached hydrogens (tertiary/aromatic N) is 2. The standard InChI is InChI=1S/C28H48N2O12/c1-5-22(32)26(36)40-16-8-12-29(13-9-17-41-27(37)23(33)6-2)15-11-25(35)30(19-21(31)20-39-4)14-10-18-42-28(38)24(34)7-3/h5-7,21,25,31-35H,8-20H2,1-4H3. The van der Waals surface area contributed by atoms with E-state index in [1.807, 2.05) is 4.90 Å². The van der Waals surface area contributed by atoms with Gasteiger partial charge >= 0.3 is 17.9 Å². The molecule has 2 atom stereocenters. The van der Waals surface area contributed by atoms with Crippen molar-refractivity contribution >= 4 is 17.9 Å². The third kappa shape index (κ3) is 17.6.